The molecule has 2 aromatic carbocycles. The average molecular weight is 487 g/mol. The average Bonchev–Trinajstić information content (AvgIpc) is 3.41. The summed E-state index contributed by atoms with van der Waals surface area (Å²) in [7, 11) is -1.15. The van der Waals surface area contributed by atoms with Crippen molar-refractivity contribution in [2.45, 2.75) is 44.6 Å². The van der Waals surface area contributed by atoms with Crippen molar-refractivity contribution in [2.24, 2.45) is 0 Å². The molecule has 0 fully saturated rings. The Bertz CT molecular complexity index is 1510. The van der Waals surface area contributed by atoms with Crippen LogP contribution in [0, 0.1) is 6.92 Å². The third-order valence-electron chi connectivity index (χ3n) is 5.80. The Labute approximate surface area is 206 Å². The van der Waals surface area contributed by atoms with Gasteiger partial charge in [-0.3, -0.25) is 14.5 Å². The molecule has 1 amide bonds. The number of anilines is 1. The second-order valence-electron chi connectivity index (χ2n) is 9.59. The lowest BCUT2D eigenvalue weighted by Gasteiger charge is -2.18. The molecule has 0 spiro atoms. The normalized spacial score (nSPS) is 14.8. The summed E-state index contributed by atoms with van der Waals surface area (Å²) in [6, 6.07) is 11.3. The highest BCUT2D eigenvalue weighted by atomic mass is 32.2. The Kier molecular flexibility index (Phi) is 5.76. The van der Waals surface area contributed by atoms with E-state index in [0.29, 0.717) is 17.2 Å². The van der Waals surface area contributed by atoms with E-state index in [-0.39, 0.29) is 17.9 Å². The Balaban J connectivity index is 1.31. The molecule has 0 aliphatic carbocycles. The highest BCUT2D eigenvalue weighted by molar-refractivity contribution is 7.88. The number of fused-ring (bicyclic) bond motifs is 2. The minimum atomic E-state index is -1.15. The Morgan fingerprint density at radius 2 is 1.97 bits per heavy atom. The van der Waals surface area contributed by atoms with Crippen LogP contribution in [0.5, 0.6) is 11.5 Å². The summed E-state index contributed by atoms with van der Waals surface area (Å²) in [5, 5.41) is 9.72. The highest BCUT2D eigenvalue weighted by Crippen LogP contribution is 2.35. The molecule has 1 N–H and O–H groups in total. The van der Waals surface area contributed by atoms with E-state index in [1.165, 1.54) is 0 Å². The molecule has 3 heterocycles. The molecule has 1 unspecified atom stereocenters. The Morgan fingerprint density at radius 3 is 2.71 bits per heavy atom. The monoisotopic (exact) mass is 486 g/mol. The van der Waals surface area contributed by atoms with E-state index in [9.17, 15) is 9.00 Å². The minimum Gasteiger partial charge on any atom is -0.456 e. The number of carbonyl (C=O) groups excluding carboxylic acids is 1. The molecule has 5 rings (SSSR count). The molecule has 178 valence electrons. The number of amides is 1. The van der Waals surface area contributed by atoms with Crippen molar-refractivity contribution in [3.63, 3.8) is 0 Å². The van der Waals surface area contributed by atoms with Gasteiger partial charge < -0.3 is 10.1 Å². The lowest BCUT2D eigenvalue weighted by atomic mass is 10.1. The number of nitrogens with one attached hydrogen (secondary N) is 1. The van der Waals surface area contributed by atoms with Crippen LogP contribution in [0.1, 0.15) is 37.5 Å². The van der Waals surface area contributed by atoms with Crippen LogP contribution in [-0.2, 0) is 27.6 Å². The van der Waals surface area contributed by atoms with Crippen molar-refractivity contribution in [1.82, 2.24) is 14.8 Å². The number of aryl methyl sites for hydroxylation is 1. The van der Waals surface area contributed by atoms with Gasteiger partial charge in [0.25, 0.3) is 0 Å². The van der Waals surface area contributed by atoms with Crippen molar-refractivity contribution in [3.05, 3.63) is 77.1 Å². The summed E-state index contributed by atoms with van der Waals surface area (Å²) in [5.74, 6) is 1.22. The van der Waals surface area contributed by atoms with Gasteiger partial charge in [-0.05, 0) is 74.7 Å². The van der Waals surface area contributed by atoms with Crippen LogP contribution in [0.3, 0.4) is 0 Å². The Morgan fingerprint density at radius 1 is 1.14 bits per heavy atom. The van der Waals surface area contributed by atoms with Gasteiger partial charge in [-0.1, -0.05) is 12.1 Å². The first-order valence-corrected chi connectivity index (χ1v) is 12.5. The summed E-state index contributed by atoms with van der Waals surface area (Å²) in [6.07, 6.45) is 7.29. The maximum atomic E-state index is 12.6. The maximum Gasteiger partial charge on any atom is 0.228 e. The maximum absolute atomic E-state index is 12.6. The molecule has 2 aromatic heterocycles. The number of nitrogens with zero attached hydrogens (tertiary/aromatic N) is 3. The molecule has 4 aromatic rings. The van der Waals surface area contributed by atoms with Crippen LogP contribution < -0.4 is 10.1 Å². The molecule has 7 nitrogen and oxygen atoms in total. The molecule has 0 radical (unpaired) electrons. The van der Waals surface area contributed by atoms with E-state index in [0.717, 1.165) is 32.5 Å². The second kappa shape index (κ2) is 8.78. The van der Waals surface area contributed by atoms with Gasteiger partial charge in [-0.25, -0.2) is 4.21 Å². The summed E-state index contributed by atoms with van der Waals surface area (Å²) < 4.78 is 20.3. The molecule has 0 bridgehead atoms. The van der Waals surface area contributed by atoms with Crippen molar-refractivity contribution in [2.75, 3.05) is 5.32 Å². The molecule has 8 heteroatoms. The molecule has 35 heavy (non-hydrogen) atoms. The first-order valence-electron chi connectivity index (χ1n) is 11.3. The van der Waals surface area contributed by atoms with Crippen LogP contribution in [0.4, 0.5) is 5.69 Å². The second-order valence-corrected chi connectivity index (χ2v) is 10.9. The van der Waals surface area contributed by atoms with Crippen LogP contribution in [-0.4, -0.2) is 24.9 Å². The zero-order valence-corrected chi connectivity index (χ0v) is 20.8. The predicted octanol–water partition coefficient (Wildman–Crippen LogP) is 5.56. The highest BCUT2D eigenvalue weighted by Gasteiger charge is 2.17. The zero-order valence-electron chi connectivity index (χ0n) is 20.0. The molecule has 0 saturated heterocycles. The fourth-order valence-electron chi connectivity index (χ4n) is 3.96. The number of carbonyl (C=O) groups is 1. The third-order valence-corrected chi connectivity index (χ3v) is 6.97. The first-order chi connectivity index (χ1) is 16.7. The van der Waals surface area contributed by atoms with Gasteiger partial charge >= 0.3 is 0 Å². The van der Waals surface area contributed by atoms with Gasteiger partial charge in [0, 0.05) is 23.2 Å². The molecule has 1 atom stereocenters. The van der Waals surface area contributed by atoms with Gasteiger partial charge in [0.05, 0.1) is 45.1 Å². The lowest BCUT2D eigenvalue weighted by Crippen LogP contribution is -2.22. The van der Waals surface area contributed by atoms with Gasteiger partial charge in [-0.2, -0.15) is 5.10 Å². The fourth-order valence-corrected chi connectivity index (χ4v) is 4.97. The number of aromatic nitrogens is 3. The summed E-state index contributed by atoms with van der Waals surface area (Å²) in [6.45, 7) is 8.11. The standard InChI is InChI=1S/C27H26N4O3S/c1-17-11-18(12-26(32)30-20-15-29-31(16-20)27(2,3)4)5-6-23(17)34-24-7-9-28-22-13-19-8-10-35(33)25(19)14-21(22)24/h5-11,13-16H,12H2,1-4H3,(H,30,32). The van der Waals surface area contributed by atoms with E-state index >= 15 is 0 Å². The number of pyridine rings is 1. The number of ether oxygens (including phenoxy) is 1. The molecule has 1 aliphatic rings. The molecule has 1 aliphatic heterocycles. The van der Waals surface area contributed by atoms with Crippen molar-refractivity contribution >= 4 is 39.4 Å². The first kappa shape index (κ1) is 23.0. The predicted molar refractivity (Wildman–Crippen MR) is 138 cm³/mol. The summed E-state index contributed by atoms with van der Waals surface area (Å²) in [4.78, 5) is 17.8. The van der Waals surface area contributed by atoms with Crippen LogP contribution in [0.2, 0.25) is 0 Å². The number of benzene rings is 2. The number of hydrogen-bond acceptors (Lipinski definition) is 5. The van der Waals surface area contributed by atoms with Gasteiger partial charge in [-0.15, -0.1) is 0 Å². The molecular formula is C27H26N4O3S. The van der Waals surface area contributed by atoms with E-state index in [1.54, 1.807) is 23.9 Å². The smallest absolute Gasteiger partial charge is 0.228 e. The summed E-state index contributed by atoms with van der Waals surface area (Å²) >= 11 is 0. The quantitative estimate of drug-likeness (QED) is 0.399. The molecule has 0 saturated carbocycles. The minimum absolute atomic E-state index is 0.109. The van der Waals surface area contributed by atoms with Crippen LogP contribution >= 0.6 is 0 Å². The van der Waals surface area contributed by atoms with Gasteiger partial charge in [0.15, 0.2) is 0 Å². The topological polar surface area (TPSA) is 86.1 Å². The fraction of sp³-hybridized carbons (Fsp3) is 0.222. The van der Waals surface area contributed by atoms with Gasteiger partial charge in [0.2, 0.25) is 5.91 Å². The zero-order chi connectivity index (χ0) is 24.7. The SMILES string of the molecule is Cc1cc(CC(=O)Nc2cnn(C(C)(C)C)c2)ccc1Oc1ccnc2cc3c(cc12)S(=O)C=C3. The van der Waals surface area contributed by atoms with E-state index < -0.39 is 10.8 Å². The van der Waals surface area contributed by atoms with E-state index in [2.05, 4.69) is 36.2 Å². The lowest BCUT2D eigenvalue weighted by molar-refractivity contribution is -0.115. The van der Waals surface area contributed by atoms with Crippen molar-refractivity contribution in [3.8, 4) is 11.5 Å². The van der Waals surface area contributed by atoms with E-state index in [4.69, 9.17) is 4.74 Å². The van der Waals surface area contributed by atoms with Crippen LogP contribution in [0.25, 0.3) is 17.0 Å². The number of hydrogen-bond donors (Lipinski definition) is 1. The number of rotatable bonds is 5. The van der Waals surface area contributed by atoms with Crippen LogP contribution in [0.15, 0.2) is 65.3 Å². The third kappa shape index (κ3) is 4.74. The summed E-state index contributed by atoms with van der Waals surface area (Å²) in [5.41, 5.74) is 4.02. The van der Waals surface area contributed by atoms with Gasteiger partial charge in [0.1, 0.15) is 11.5 Å². The Hall–Kier alpha value is -3.78. The molecular weight excluding hydrogens is 460 g/mol. The van der Waals surface area contributed by atoms with Crippen molar-refractivity contribution < 1.29 is 13.7 Å². The van der Waals surface area contributed by atoms with Crippen molar-refractivity contribution in [1.29, 1.82) is 0 Å². The van der Waals surface area contributed by atoms with E-state index in [1.807, 2.05) is 54.2 Å². The largest absolute Gasteiger partial charge is 0.456 e.